The molecule has 0 bridgehead atoms. The van der Waals surface area contributed by atoms with Gasteiger partial charge in [0.15, 0.2) is 11.8 Å². The van der Waals surface area contributed by atoms with Crippen molar-refractivity contribution in [3.63, 3.8) is 0 Å². The predicted molar refractivity (Wildman–Crippen MR) is 119 cm³/mol. The van der Waals surface area contributed by atoms with Crippen molar-refractivity contribution in [2.45, 2.75) is 17.9 Å². The minimum Gasteiger partial charge on any atom is -0.466 e. The molecule has 3 N–H and O–H groups in total. The number of sulfonamides is 1. The molecule has 2 aromatic heterocycles. The molecule has 0 aliphatic rings. The van der Waals surface area contributed by atoms with Gasteiger partial charge in [-0.05, 0) is 49.4 Å². The Bertz CT molecular complexity index is 1460. The van der Waals surface area contributed by atoms with Gasteiger partial charge in [0, 0.05) is 5.02 Å². The Balaban J connectivity index is 1.82. The maximum atomic E-state index is 12.7. The van der Waals surface area contributed by atoms with Crippen LogP contribution in [0.4, 0.5) is 0 Å². The van der Waals surface area contributed by atoms with Crippen molar-refractivity contribution in [1.82, 2.24) is 14.8 Å². The SMILES string of the molecule is Cc1ccc(S(=O)(=O)N/N=C(\c2nc3ccc(Cl)cc3[nH]c2=O)C(O)c2ccco2)cc1. The summed E-state index contributed by atoms with van der Waals surface area (Å²) in [6.45, 7) is 1.82. The highest BCUT2D eigenvalue weighted by molar-refractivity contribution is 7.89. The predicted octanol–water partition coefficient (Wildman–Crippen LogP) is 2.89. The van der Waals surface area contributed by atoms with Crippen molar-refractivity contribution in [2.75, 3.05) is 0 Å². The molecule has 2 heterocycles. The van der Waals surface area contributed by atoms with Gasteiger partial charge in [0.1, 0.15) is 11.5 Å². The fourth-order valence-corrected chi connectivity index (χ4v) is 3.93. The van der Waals surface area contributed by atoms with Crippen molar-refractivity contribution in [3.05, 3.63) is 93.3 Å². The summed E-state index contributed by atoms with van der Waals surface area (Å²) in [4.78, 5) is 21.6. The van der Waals surface area contributed by atoms with Gasteiger partial charge < -0.3 is 14.5 Å². The number of furan rings is 1. The second kappa shape index (κ2) is 8.58. The topological polar surface area (TPSA) is 138 Å². The zero-order valence-corrected chi connectivity index (χ0v) is 18.2. The molecule has 0 radical (unpaired) electrons. The number of H-pyrrole nitrogens is 1. The van der Waals surface area contributed by atoms with Gasteiger partial charge in [0.2, 0.25) is 0 Å². The lowest BCUT2D eigenvalue weighted by atomic mass is 10.1. The number of rotatable bonds is 6. The highest BCUT2D eigenvalue weighted by Crippen LogP contribution is 2.20. The second-order valence-corrected chi connectivity index (χ2v) is 9.00. The normalized spacial score (nSPS) is 13.3. The minimum atomic E-state index is -4.08. The molecule has 1 unspecified atom stereocenters. The zero-order valence-electron chi connectivity index (χ0n) is 16.6. The standard InChI is InChI=1S/C21H17ClN4O5S/c1-12-4-7-14(8-5-12)32(29,30)26-25-18(20(27)17-3-2-10-31-17)19-21(28)24-16-11-13(22)6-9-15(16)23-19/h2-11,20,26-27H,1H3,(H,24,28)/b25-18+. The summed E-state index contributed by atoms with van der Waals surface area (Å²) < 4.78 is 30.6. The number of hydrogen-bond donors (Lipinski definition) is 3. The Morgan fingerprint density at radius 3 is 2.66 bits per heavy atom. The summed E-state index contributed by atoms with van der Waals surface area (Å²) >= 11 is 5.96. The van der Waals surface area contributed by atoms with Gasteiger partial charge >= 0.3 is 0 Å². The third kappa shape index (κ3) is 4.42. The van der Waals surface area contributed by atoms with Crippen LogP contribution in [0.1, 0.15) is 23.1 Å². The number of aromatic nitrogens is 2. The Kier molecular flexibility index (Phi) is 5.83. The Hall–Kier alpha value is -3.47. The first-order valence-corrected chi connectivity index (χ1v) is 11.2. The summed E-state index contributed by atoms with van der Waals surface area (Å²) in [5.74, 6) is 0.0516. The number of aliphatic hydroxyl groups excluding tert-OH is 1. The molecule has 0 saturated carbocycles. The van der Waals surface area contributed by atoms with Crippen LogP contribution in [0.3, 0.4) is 0 Å². The largest absolute Gasteiger partial charge is 0.466 e. The number of benzene rings is 2. The number of aromatic amines is 1. The first kappa shape index (κ1) is 21.8. The van der Waals surface area contributed by atoms with Crippen molar-refractivity contribution in [3.8, 4) is 0 Å². The molecule has 1 atom stereocenters. The van der Waals surface area contributed by atoms with E-state index in [4.69, 9.17) is 16.0 Å². The lowest BCUT2D eigenvalue weighted by molar-refractivity contribution is 0.214. The zero-order chi connectivity index (χ0) is 22.9. The molecule has 0 saturated heterocycles. The minimum absolute atomic E-state index is 0.0336. The summed E-state index contributed by atoms with van der Waals surface area (Å²) in [7, 11) is -4.08. The molecule has 2 aromatic carbocycles. The number of fused-ring (bicyclic) bond motifs is 1. The van der Waals surface area contributed by atoms with Gasteiger partial charge in [-0.25, -0.2) is 4.98 Å². The number of hydrazone groups is 1. The van der Waals surface area contributed by atoms with Crippen LogP contribution in [0.2, 0.25) is 5.02 Å². The van der Waals surface area contributed by atoms with Crippen molar-refractivity contribution in [2.24, 2.45) is 5.10 Å². The van der Waals surface area contributed by atoms with Gasteiger partial charge in [0.05, 0.1) is 22.2 Å². The number of aliphatic hydroxyl groups is 1. The number of nitrogens with zero attached hydrogens (tertiary/aromatic N) is 2. The molecule has 11 heteroatoms. The van der Waals surface area contributed by atoms with Crippen LogP contribution in [-0.4, -0.2) is 29.2 Å². The van der Waals surface area contributed by atoms with E-state index in [9.17, 15) is 18.3 Å². The van der Waals surface area contributed by atoms with E-state index in [1.165, 1.54) is 36.6 Å². The highest BCUT2D eigenvalue weighted by Gasteiger charge is 2.25. The third-order valence-corrected chi connectivity index (χ3v) is 6.05. The first-order valence-electron chi connectivity index (χ1n) is 9.32. The van der Waals surface area contributed by atoms with Gasteiger partial charge in [-0.3, -0.25) is 4.79 Å². The van der Waals surface area contributed by atoms with Crippen LogP contribution in [-0.2, 0) is 10.0 Å². The van der Waals surface area contributed by atoms with E-state index in [0.29, 0.717) is 16.1 Å². The van der Waals surface area contributed by atoms with Crippen LogP contribution in [0.15, 0.2) is 80.1 Å². The maximum absolute atomic E-state index is 12.7. The second-order valence-electron chi connectivity index (χ2n) is 6.90. The van der Waals surface area contributed by atoms with Crippen molar-refractivity contribution in [1.29, 1.82) is 0 Å². The van der Waals surface area contributed by atoms with Crippen molar-refractivity contribution >= 4 is 38.4 Å². The van der Waals surface area contributed by atoms with Gasteiger partial charge in [-0.15, -0.1) is 0 Å². The molecular formula is C21H17ClN4O5S. The number of aryl methyl sites for hydroxylation is 1. The van der Waals surface area contributed by atoms with E-state index in [0.717, 1.165) is 5.56 Å². The number of hydrogen-bond acceptors (Lipinski definition) is 7. The Labute approximate surface area is 187 Å². The molecule has 9 nitrogen and oxygen atoms in total. The Morgan fingerprint density at radius 2 is 1.97 bits per heavy atom. The molecule has 164 valence electrons. The summed E-state index contributed by atoms with van der Waals surface area (Å²) in [6, 6.07) is 13.8. The van der Waals surface area contributed by atoms with Gasteiger partial charge in [0.25, 0.3) is 15.6 Å². The summed E-state index contributed by atoms with van der Waals surface area (Å²) in [5, 5.41) is 15.1. The van der Waals surface area contributed by atoms with Gasteiger partial charge in [-0.1, -0.05) is 29.3 Å². The molecular weight excluding hydrogens is 456 g/mol. The average Bonchev–Trinajstić information content (AvgIpc) is 3.29. The highest BCUT2D eigenvalue weighted by atomic mass is 35.5. The fraction of sp³-hybridized carbons (Fsp3) is 0.0952. The van der Waals surface area contributed by atoms with E-state index in [1.807, 2.05) is 6.92 Å². The monoisotopic (exact) mass is 472 g/mol. The number of nitrogens with one attached hydrogen (secondary N) is 2. The molecule has 0 fully saturated rings. The Morgan fingerprint density at radius 1 is 1.22 bits per heavy atom. The quantitative estimate of drug-likeness (QED) is 0.291. The summed E-state index contributed by atoms with van der Waals surface area (Å²) in [5.41, 5.74) is 0.305. The van der Waals surface area contributed by atoms with Crippen LogP contribution >= 0.6 is 11.6 Å². The van der Waals surface area contributed by atoms with Crippen molar-refractivity contribution < 1.29 is 17.9 Å². The molecule has 4 rings (SSSR count). The van der Waals surface area contributed by atoms with E-state index in [2.05, 4.69) is 19.9 Å². The van der Waals surface area contributed by atoms with Gasteiger partial charge in [-0.2, -0.15) is 18.4 Å². The lowest BCUT2D eigenvalue weighted by Crippen LogP contribution is -2.29. The molecule has 0 amide bonds. The van der Waals surface area contributed by atoms with Crippen LogP contribution < -0.4 is 10.4 Å². The number of halogens is 1. The van der Waals surface area contributed by atoms with E-state index >= 15 is 0 Å². The van der Waals surface area contributed by atoms with Crippen LogP contribution in [0.5, 0.6) is 0 Å². The maximum Gasteiger partial charge on any atom is 0.276 e. The van der Waals surface area contributed by atoms with Crippen LogP contribution in [0, 0.1) is 6.92 Å². The lowest BCUT2D eigenvalue weighted by Gasteiger charge is -2.12. The molecule has 0 aliphatic carbocycles. The molecule has 0 spiro atoms. The fourth-order valence-electron chi connectivity index (χ4n) is 2.94. The smallest absolute Gasteiger partial charge is 0.276 e. The third-order valence-electron chi connectivity index (χ3n) is 4.59. The molecule has 32 heavy (non-hydrogen) atoms. The van der Waals surface area contributed by atoms with Crippen LogP contribution in [0.25, 0.3) is 11.0 Å². The van der Waals surface area contributed by atoms with E-state index in [1.54, 1.807) is 24.3 Å². The summed E-state index contributed by atoms with van der Waals surface area (Å²) in [6.07, 6.45) is -0.240. The molecule has 4 aromatic rings. The van der Waals surface area contributed by atoms with E-state index < -0.39 is 21.7 Å². The molecule has 0 aliphatic heterocycles. The average molecular weight is 473 g/mol. The first-order chi connectivity index (χ1) is 15.2. The van der Waals surface area contributed by atoms with E-state index in [-0.39, 0.29) is 22.1 Å².